The number of halogens is 1. The number of ether oxygens (including phenoxy) is 6. The van der Waals surface area contributed by atoms with E-state index in [-0.39, 0.29) is 4.90 Å². The predicted molar refractivity (Wildman–Crippen MR) is 160 cm³/mol. The second-order valence-electron chi connectivity index (χ2n) is 11.8. The molecule has 0 radical (unpaired) electrons. The van der Waals surface area contributed by atoms with Gasteiger partial charge in [-0.15, -0.1) is 0 Å². The average molecular weight is 647 g/mol. The summed E-state index contributed by atoms with van der Waals surface area (Å²) in [7, 11) is -4.19. The molecule has 3 saturated heterocycles. The van der Waals surface area contributed by atoms with E-state index >= 15 is 0 Å². The highest BCUT2D eigenvalue weighted by Crippen LogP contribution is 2.40. The Balaban J connectivity index is 1.43. The van der Waals surface area contributed by atoms with Gasteiger partial charge in [0.2, 0.25) is 0 Å². The summed E-state index contributed by atoms with van der Waals surface area (Å²) in [6, 6.07) is 5.50. The molecule has 43 heavy (non-hydrogen) atoms. The van der Waals surface area contributed by atoms with Crippen molar-refractivity contribution in [2.45, 2.75) is 114 Å². The van der Waals surface area contributed by atoms with E-state index in [4.69, 9.17) is 40.0 Å². The number of carbonyl (C=O) groups is 1. The first-order valence-electron chi connectivity index (χ1n) is 15.5. The van der Waals surface area contributed by atoms with Crippen molar-refractivity contribution in [2.75, 3.05) is 39.5 Å². The van der Waals surface area contributed by atoms with Gasteiger partial charge in [0.1, 0.15) is 24.4 Å². The third-order valence-corrected chi connectivity index (χ3v) is 9.42. The van der Waals surface area contributed by atoms with Crippen molar-refractivity contribution in [3.8, 4) is 0 Å². The number of amides is 1. The number of benzene rings is 1. The quantitative estimate of drug-likeness (QED) is 0.249. The highest BCUT2D eigenvalue weighted by Gasteiger charge is 2.58. The van der Waals surface area contributed by atoms with Crippen LogP contribution < -0.4 is 4.72 Å². The van der Waals surface area contributed by atoms with Crippen molar-refractivity contribution in [2.24, 2.45) is 0 Å². The topological polar surface area (TPSA) is 122 Å². The number of nitrogens with zero attached hydrogens (tertiary/aromatic N) is 1. The molecule has 0 bridgehead atoms. The number of hydrogen-bond donors (Lipinski definition) is 1. The Bertz CT molecular complexity index is 1120. The fourth-order valence-corrected chi connectivity index (χ4v) is 6.64. The Morgan fingerprint density at radius 3 is 2.37 bits per heavy atom. The molecule has 3 aliphatic rings. The van der Waals surface area contributed by atoms with Gasteiger partial charge in [-0.3, -0.25) is 4.90 Å². The van der Waals surface area contributed by atoms with Gasteiger partial charge in [0.15, 0.2) is 12.1 Å². The maximum absolute atomic E-state index is 13.0. The lowest BCUT2D eigenvalue weighted by atomic mass is 10.0. The van der Waals surface area contributed by atoms with E-state index < -0.39 is 52.6 Å². The molecule has 0 aliphatic carbocycles. The van der Waals surface area contributed by atoms with E-state index in [1.54, 1.807) is 0 Å². The second kappa shape index (κ2) is 16.2. The van der Waals surface area contributed by atoms with Crippen LogP contribution in [0.3, 0.4) is 0 Å². The van der Waals surface area contributed by atoms with E-state index in [9.17, 15) is 13.2 Å². The summed E-state index contributed by atoms with van der Waals surface area (Å²) in [5, 5.41) is 0.377. The lowest BCUT2D eigenvalue weighted by Crippen LogP contribution is -2.52. The number of morpholine rings is 1. The van der Waals surface area contributed by atoms with Crippen LogP contribution in [0.15, 0.2) is 29.2 Å². The van der Waals surface area contributed by atoms with Crippen molar-refractivity contribution in [1.82, 2.24) is 9.62 Å². The molecule has 1 aromatic rings. The van der Waals surface area contributed by atoms with Crippen LogP contribution in [0.25, 0.3) is 0 Å². The third-order valence-electron chi connectivity index (χ3n) is 7.84. The highest BCUT2D eigenvalue weighted by molar-refractivity contribution is 7.90. The van der Waals surface area contributed by atoms with Gasteiger partial charge in [-0.1, -0.05) is 63.5 Å². The van der Waals surface area contributed by atoms with Crippen molar-refractivity contribution in [3.63, 3.8) is 0 Å². The number of nitrogens with one attached hydrogen (secondary N) is 1. The highest BCUT2D eigenvalue weighted by atomic mass is 35.5. The largest absolute Gasteiger partial charge is 0.441 e. The van der Waals surface area contributed by atoms with Crippen molar-refractivity contribution in [3.05, 3.63) is 29.3 Å². The summed E-state index contributed by atoms with van der Waals surface area (Å²) in [4.78, 5) is 15.0. The second-order valence-corrected chi connectivity index (χ2v) is 13.9. The van der Waals surface area contributed by atoms with Crippen molar-refractivity contribution < 1.29 is 41.6 Å². The number of carbonyl (C=O) groups excluding carboxylic acids is 1. The molecule has 1 amide bonds. The first-order chi connectivity index (χ1) is 20.6. The molecule has 13 heteroatoms. The molecule has 0 unspecified atom stereocenters. The molecular weight excluding hydrogens is 600 g/mol. The van der Waals surface area contributed by atoms with Gasteiger partial charge in [0, 0.05) is 31.3 Å². The zero-order chi connectivity index (χ0) is 30.9. The number of fused-ring (bicyclic) bond motifs is 1. The van der Waals surface area contributed by atoms with Gasteiger partial charge in [-0.05, 0) is 44.5 Å². The SMILES string of the molecule is CCCCCCCCCCO[C@@H]1[C@H]2OC(C)(C)O[C@H]2O[C@@H]1[C@@H](CN1CCOCC1)OC(=O)NS(=O)(=O)c1ccc(Cl)cc1. The van der Waals surface area contributed by atoms with E-state index in [0.29, 0.717) is 44.5 Å². The Morgan fingerprint density at radius 1 is 1.05 bits per heavy atom. The molecule has 0 saturated carbocycles. The molecule has 0 aromatic heterocycles. The van der Waals surface area contributed by atoms with Crippen LogP contribution in [0, 0.1) is 0 Å². The minimum atomic E-state index is -4.19. The van der Waals surface area contributed by atoms with Crippen LogP contribution >= 0.6 is 11.6 Å². The maximum Gasteiger partial charge on any atom is 0.421 e. The first kappa shape index (κ1) is 34.4. The van der Waals surface area contributed by atoms with Gasteiger partial charge in [-0.25, -0.2) is 17.9 Å². The minimum Gasteiger partial charge on any atom is -0.441 e. The lowest BCUT2D eigenvalue weighted by Gasteiger charge is -2.35. The number of unbranched alkanes of at least 4 members (excludes halogenated alkanes) is 7. The molecule has 3 aliphatic heterocycles. The Labute approximate surface area is 260 Å². The smallest absolute Gasteiger partial charge is 0.421 e. The van der Waals surface area contributed by atoms with Crippen molar-refractivity contribution in [1.29, 1.82) is 0 Å². The van der Waals surface area contributed by atoms with Crippen LogP contribution in [-0.4, -0.2) is 95.4 Å². The Kier molecular flexibility index (Phi) is 12.9. The van der Waals surface area contributed by atoms with Gasteiger partial charge < -0.3 is 28.4 Å². The van der Waals surface area contributed by atoms with Gasteiger partial charge in [0.25, 0.3) is 10.0 Å². The molecule has 3 heterocycles. The summed E-state index contributed by atoms with van der Waals surface area (Å²) in [6.45, 7) is 8.98. The van der Waals surface area contributed by atoms with Crippen LogP contribution in [0.4, 0.5) is 4.79 Å². The zero-order valence-electron chi connectivity index (χ0n) is 25.5. The number of hydrogen-bond acceptors (Lipinski definition) is 10. The molecule has 11 nitrogen and oxygen atoms in total. The maximum atomic E-state index is 13.0. The summed E-state index contributed by atoms with van der Waals surface area (Å²) in [5.74, 6) is -0.856. The Hall–Kier alpha value is -1.51. The average Bonchev–Trinajstić information content (AvgIpc) is 3.44. The summed E-state index contributed by atoms with van der Waals surface area (Å²) < 4.78 is 63.9. The molecular formula is C30H47ClN2O9S. The molecule has 1 aromatic carbocycles. The summed E-state index contributed by atoms with van der Waals surface area (Å²) in [6.07, 6.45) is 4.83. The van der Waals surface area contributed by atoms with E-state index in [0.717, 1.165) is 19.3 Å². The molecule has 4 rings (SSSR count). The molecule has 1 N–H and O–H groups in total. The van der Waals surface area contributed by atoms with Crippen LogP contribution in [0.5, 0.6) is 0 Å². The monoisotopic (exact) mass is 646 g/mol. The van der Waals surface area contributed by atoms with Gasteiger partial charge >= 0.3 is 6.09 Å². The summed E-state index contributed by atoms with van der Waals surface area (Å²) in [5.41, 5.74) is 0. The zero-order valence-corrected chi connectivity index (χ0v) is 27.1. The van der Waals surface area contributed by atoms with Gasteiger partial charge in [0.05, 0.1) is 18.1 Å². The summed E-state index contributed by atoms with van der Waals surface area (Å²) >= 11 is 5.89. The van der Waals surface area contributed by atoms with Gasteiger partial charge in [-0.2, -0.15) is 0 Å². The fraction of sp³-hybridized carbons (Fsp3) is 0.767. The lowest BCUT2D eigenvalue weighted by molar-refractivity contribution is -0.230. The van der Waals surface area contributed by atoms with Crippen molar-refractivity contribution >= 4 is 27.7 Å². The molecule has 244 valence electrons. The third kappa shape index (κ3) is 10.3. The fourth-order valence-electron chi connectivity index (χ4n) is 5.64. The van der Waals surface area contributed by atoms with Crippen LogP contribution in [0.1, 0.15) is 72.1 Å². The van der Waals surface area contributed by atoms with E-state index in [1.807, 2.05) is 18.6 Å². The predicted octanol–water partition coefficient (Wildman–Crippen LogP) is 4.86. The van der Waals surface area contributed by atoms with Crippen LogP contribution in [0.2, 0.25) is 5.02 Å². The standard InChI is InChI=1S/C30H47ClN2O9S/c1-4-5-6-7-8-9-10-11-18-38-26-25(40-28-27(26)41-30(2,3)42-28)24(21-33-16-19-37-20-17-33)39-29(34)32-43(35,36)23-14-12-22(31)13-15-23/h12-15,24-28H,4-11,16-21H2,1-3H3,(H,32,34)/t24-,25-,26+,27-,28-/m1/s1. The van der Waals surface area contributed by atoms with Crippen LogP contribution in [-0.2, 0) is 38.4 Å². The number of rotatable bonds is 16. The number of sulfonamides is 1. The van der Waals surface area contributed by atoms with E-state index in [1.165, 1.54) is 56.4 Å². The van der Waals surface area contributed by atoms with E-state index in [2.05, 4.69) is 11.8 Å². The molecule has 0 spiro atoms. The normalized spacial score (nSPS) is 26.2. The first-order valence-corrected chi connectivity index (χ1v) is 17.4. The minimum absolute atomic E-state index is 0.110. The molecule has 3 fully saturated rings. The Morgan fingerprint density at radius 2 is 1.70 bits per heavy atom. The molecule has 5 atom stereocenters.